The van der Waals surface area contributed by atoms with Crippen molar-refractivity contribution < 1.29 is 9.90 Å². The summed E-state index contributed by atoms with van der Waals surface area (Å²) >= 11 is 5.80. The largest absolute Gasteiger partial charge is 0.394 e. The summed E-state index contributed by atoms with van der Waals surface area (Å²) in [5, 5.41) is 14.7. The minimum Gasteiger partial charge on any atom is -0.394 e. The van der Waals surface area contributed by atoms with Crippen LogP contribution >= 0.6 is 11.6 Å². The summed E-state index contributed by atoms with van der Waals surface area (Å²) < 4.78 is 0. The molecule has 5 heteroatoms. The van der Waals surface area contributed by atoms with Crippen molar-refractivity contribution in [1.82, 2.24) is 5.32 Å². The number of halogens is 1. The Morgan fingerprint density at radius 1 is 1.56 bits per heavy atom. The summed E-state index contributed by atoms with van der Waals surface area (Å²) in [4.78, 5) is 11.5. The normalized spacial score (nSPS) is 12.0. The van der Waals surface area contributed by atoms with Crippen molar-refractivity contribution in [3.63, 3.8) is 0 Å². The lowest BCUT2D eigenvalue weighted by atomic mass is 10.2. The predicted octanol–water partition coefficient (Wildman–Crippen LogP) is 2.15. The highest BCUT2D eigenvalue weighted by Gasteiger charge is 2.07. The van der Waals surface area contributed by atoms with Crippen molar-refractivity contribution in [3.05, 3.63) is 28.8 Å². The molecule has 0 aliphatic rings. The number of hydrogen-bond donors (Lipinski definition) is 3. The third-order valence-corrected chi connectivity index (χ3v) is 2.32. The summed E-state index contributed by atoms with van der Waals surface area (Å²) in [7, 11) is 0. The van der Waals surface area contributed by atoms with Crippen molar-refractivity contribution in [2.75, 3.05) is 11.9 Å². The second kappa shape index (κ2) is 5.72. The van der Waals surface area contributed by atoms with Gasteiger partial charge in [0.2, 0.25) is 0 Å². The molecule has 0 aliphatic carbocycles. The summed E-state index contributed by atoms with van der Waals surface area (Å²) in [5.74, 6) is 0. The molecule has 4 nitrogen and oxygen atoms in total. The van der Waals surface area contributed by atoms with Gasteiger partial charge in [0.15, 0.2) is 0 Å². The average molecular weight is 243 g/mol. The van der Waals surface area contributed by atoms with Crippen molar-refractivity contribution in [3.8, 4) is 0 Å². The topological polar surface area (TPSA) is 61.4 Å². The van der Waals surface area contributed by atoms with E-state index in [1.165, 1.54) is 0 Å². The Morgan fingerprint density at radius 2 is 2.25 bits per heavy atom. The first-order chi connectivity index (χ1) is 7.52. The highest BCUT2D eigenvalue weighted by Crippen LogP contribution is 2.19. The fraction of sp³-hybridized carbons (Fsp3) is 0.364. The van der Waals surface area contributed by atoms with Crippen molar-refractivity contribution in [2.45, 2.75) is 19.9 Å². The van der Waals surface area contributed by atoms with Gasteiger partial charge in [-0.3, -0.25) is 0 Å². The van der Waals surface area contributed by atoms with Crippen LogP contribution in [0.2, 0.25) is 5.02 Å². The maximum Gasteiger partial charge on any atom is 0.319 e. The zero-order valence-corrected chi connectivity index (χ0v) is 10.0. The molecule has 0 spiro atoms. The van der Waals surface area contributed by atoms with Crippen LogP contribution in [0.3, 0.4) is 0 Å². The highest BCUT2D eigenvalue weighted by molar-refractivity contribution is 6.30. The molecule has 1 aromatic carbocycles. The number of carbonyl (C=O) groups excluding carboxylic acids is 1. The monoisotopic (exact) mass is 242 g/mol. The molecule has 1 atom stereocenters. The van der Waals surface area contributed by atoms with Crippen molar-refractivity contribution in [2.24, 2.45) is 0 Å². The molecule has 0 saturated carbocycles. The number of anilines is 1. The van der Waals surface area contributed by atoms with Gasteiger partial charge in [0, 0.05) is 10.7 Å². The van der Waals surface area contributed by atoms with Crippen LogP contribution in [0, 0.1) is 6.92 Å². The first-order valence-electron chi connectivity index (χ1n) is 4.97. The Bertz CT molecular complexity index is 382. The van der Waals surface area contributed by atoms with E-state index in [1.807, 2.05) is 6.92 Å². The van der Waals surface area contributed by atoms with Crippen LogP contribution in [0.1, 0.15) is 12.5 Å². The molecule has 1 aromatic rings. The molecule has 0 heterocycles. The van der Waals surface area contributed by atoms with Gasteiger partial charge >= 0.3 is 6.03 Å². The minimum absolute atomic E-state index is 0.0903. The molecule has 88 valence electrons. The maximum atomic E-state index is 11.5. The van der Waals surface area contributed by atoms with Gasteiger partial charge in [-0.05, 0) is 37.6 Å². The molecule has 0 aliphatic heterocycles. The Morgan fingerprint density at radius 3 is 2.81 bits per heavy atom. The molecule has 1 rings (SSSR count). The van der Waals surface area contributed by atoms with Crippen LogP contribution in [0.4, 0.5) is 10.5 Å². The van der Waals surface area contributed by atoms with Crippen LogP contribution in [-0.2, 0) is 0 Å². The number of hydrogen-bond acceptors (Lipinski definition) is 2. The number of amides is 2. The van der Waals surface area contributed by atoms with Crippen LogP contribution in [0.5, 0.6) is 0 Å². The number of urea groups is 1. The number of aliphatic hydroxyl groups is 1. The van der Waals surface area contributed by atoms with E-state index in [9.17, 15) is 4.79 Å². The summed E-state index contributed by atoms with van der Waals surface area (Å²) in [6.45, 7) is 3.48. The van der Waals surface area contributed by atoms with Crippen molar-refractivity contribution in [1.29, 1.82) is 0 Å². The molecule has 2 amide bonds. The third-order valence-electron chi connectivity index (χ3n) is 2.09. The van der Waals surface area contributed by atoms with E-state index in [-0.39, 0.29) is 18.7 Å². The SMILES string of the molecule is Cc1cc(Cl)ccc1NC(=O)N[C@H](C)CO. The quantitative estimate of drug-likeness (QED) is 0.761. The lowest BCUT2D eigenvalue weighted by Gasteiger charge is -2.13. The number of nitrogens with one attached hydrogen (secondary N) is 2. The predicted molar refractivity (Wildman–Crippen MR) is 64.9 cm³/mol. The maximum absolute atomic E-state index is 11.5. The number of aliphatic hydroxyl groups excluding tert-OH is 1. The smallest absolute Gasteiger partial charge is 0.319 e. The van der Waals surface area contributed by atoms with E-state index in [0.717, 1.165) is 5.56 Å². The second-order valence-electron chi connectivity index (χ2n) is 3.64. The van der Waals surface area contributed by atoms with E-state index < -0.39 is 0 Å². The van der Waals surface area contributed by atoms with Crippen LogP contribution in [0.15, 0.2) is 18.2 Å². The molecule has 0 radical (unpaired) electrons. The summed E-state index contributed by atoms with van der Waals surface area (Å²) in [5.41, 5.74) is 1.59. The van der Waals surface area contributed by atoms with E-state index >= 15 is 0 Å². The zero-order valence-electron chi connectivity index (χ0n) is 9.25. The number of carbonyl (C=O) groups is 1. The average Bonchev–Trinajstić information content (AvgIpc) is 2.22. The van der Waals surface area contributed by atoms with Gasteiger partial charge in [0.25, 0.3) is 0 Å². The van der Waals surface area contributed by atoms with Gasteiger partial charge in [0.1, 0.15) is 0 Å². The molecular formula is C11H15ClN2O2. The molecular weight excluding hydrogens is 228 g/mol. The van der Waals surface area contributed by atoms with E-state index in [2.05, 4.69) is 10.6 Å². The van der Waals surface area contributed by atoms with Crippen LogP contribution < -0.4 is 10.6 Å². The fourth-order valence-corrected chi connectivity index (χ4v) is 1.42. The standard InChI is InChI=1S/C11H15ClN2O2/c1-7-5-9(12)3-4-10(7)14-11(16)13-8(2)6-15/h3-5,8,15H,6H2,1-2H3,(H2,13,14,16)/t8-/m1/s1. The van der Waals surface area contributed by atoms with E-state index in [1.54, 1.807) is 25.1 Å². The molecule has 0 aromatic heterocycles. The molecule has 3 N–H and O–H groups in total. The molecule has 16 heavy (non-hydrogen) atoms. The first-order valence-corrected chi connectivity index (χ1v) is 5.35. The minimum atomic E-state index is -0.341. The van der Waals surface area contributed by atoms with Gasteiger partial charge in [-0.2, -0.15) is 0 Å². The Kier molecular flexibility index (Phi) is 4.58. The van der Waals surface area contributed by atoms with Gasteiger partial charge in [-0.25, -0.2) is 4.79 Å². The Hall–Kier alpha value is -1.26. The van der Waals surface area contributed by atoms with E-state index in [4.69, 9.17) is 16.7 Å². The van der Waals surface area contributed by atoms with Gasteiger partial charge in [0.05, 0.1) is 12.6 Å². The number of aryl methyl sites for hydroxylation is 1. The molecule has 0 bridgehead atoms. The summed E-state index contributed by atoms with van der Waals surface area (Å²) in [6, 6.07) is 4.60. The highest BCUT2D eigenvalue weighted by atomic mass is 35.5. The first kappa shape index (κ1) is 12.8. The van der Waals surface area contributed by atoms with Gasteiger partial charge in [-0.15, -0.1) is 0 Å². The number of benzene rings is 1. The van der Waals surface area contributed by atoms with Crippen molar-refractivity contribution >= 4 is 23.3 Å². The summed E-state index contributed by atoms with van der Waals surface area (Å²) in [6.07, 6.45) is 0. The third kappa shape index (κ3) is 3.72. The van der Waals surface area contributed by atoms with E-state index in [0.29, 0.717) is 10.7 Å². The molecule has 0 fully saturated rings. The number of rotatable bonds is 3. The van der Waals surface area contributed by atoms with Crippen LogP contribution in [0.25, 0.3) is 0 Å². The van der Waals surface area contributed by atoms with Gasteiger partial charge in [-0.1, -0.05) is 11.6 Å². The second-order valence-corrected chi connectivity index (χ2v) is 4.08. The Labute approximate surface area is 99.6 Å². The van der Waals surface area contributed by atoms with Crippen LogP contribution in [-0.4, -0.2) is 23.8 Å². The molecule has 0 saturated heterocycles. The molecule has 0 unspecified atom stereocenters. The lowest BCUT2D eigenvalue weighted by molar-refractivity contribution is 0.229. The zero-order chi connectivity index (χ0) is 12.1. The Balaban J connectivity index is 2.63. The fourth-order valence-electron chi connectivity index (χ4n) is 1.20. The lowest BCUT2D eigenvalue weighted by Crippen LogP contribution is -2.38. The van der Waals surface area contributed by atoms with Gasteiger partial charge < -0.3 is 15.7 Å².